The number of hydrogen-bond donors (Lipinski definition) is 2. The molecule has 0 radical (unpaired) electrons. The van der Waals surface area contributed by atoms with Crippen LogP contribution in [0, 0.1) is 5.41 Å². The molecule has 144 valence electrons. The maximum absolute atomic E-state index is 12.2. The first-order valence-corrected chi connectivity index (χ1v) is 8.46. The van der Waals surface area contributed by atoms with E-state index in [4.69, 9.17) is 9.47 Å². The van der Waals surface area contributed by atoms with Gasteiger partial charge in [0, 0.05) is 6.42 Å². The second-order valence-electron chi connectivity index (χ2n) is 7.20. The third kappa shape index (κ3) is 7.13. The van der Waals surface area contributed by atoms with Gasteiger partial charge in [0.05, 0.1) is 18.8 Å². The summed E-state index contributed by atoms with van der Waals surface area (Å²) in [5.41, 5.74) is 0.548. The number of carbonyl (C=O) groups excluding carboxylic acids is 3. The van der Waals surface area contributed by atoms with E-state index < -0.39 is 18.1 Å². The lowest BCUT2D eigenvalue weighted by molar-refractivity contribution is -0.145. The van der Waals surface area contributed by atoms with Crippen LogP contribution in [-0.4, -0.2) is 42.2 Å². The van der Waals surface area contributed by atoms with E-state index in [0.29, 0.717) is 5.56 Å². The fourth-order valence-corrected chi connectivity index (χ4v) is 2.13. The Kier molecular flexibility index (Phi) is 7.61. The number of rotatable bonds is 7. The van der Waals surface area contributed by atoms with Crippen molar-refractivity contribution in [2.45, 2.75) is 47.1 Å². The molecule has 7 nitrogen and oxygen atoms in total. The minimum atomic E-state index is -0.966. The molecule has 0 aliphatic rings. The summed E-state index contributed by atoms with van der Waals surface area (Å²) in [7, 11) is 0. The highest BCUT2D eigenvalue weighted by Gasteiger charge is 2.25. The molecule has 0 aromatic heterocycles. The number of ether oxygens (including phenoxy) is 2. The third-order valence-corrected chi connectivity index (χ3v) is 3.38. The number of phenolic OH excluding ortho intramolecular Hbond substituents is 1. The van der Waals surface area contributed by atoms with Crippen LogP contribution in [0.25, 0.3) is 0 Å². The SMILES string of the molecule is CCOC(=O)[C@H](Cc1ccc(O)c(C(C)=O)c1)NC(=O)OCC(C)(C)C. The van der Waals surface area contributed by atoms with Crippen molar-refractivity contribution in [1.82, 2.24) is 5.32 Å². The molecule has 0 unspecified atom stereocenters. The number of ketones is 1. The van der Waals surface area contributed by atoms with E-state index in [1.54, 1.807) is 13.0 Å². The molecule has 0 fully saturated rings. The predicted molar refractivity (Wildman–Crippen MR) is 96.2 cm³/mol. The topological polar surface area (TPSA) is 102 Å². The van der Waals surface area contributed by atoms with Crippen LogP contribution in [0.4, 0.5) is 4.79 Å². The Balaban J connectivity index is 2.90. The largest absolute Gasteiger partial charge is 0.507 e. The molecule has 1 atom stereocenters. The van der Waals surface area contributed by atoms with Gasteiger partial charge in [-0.3, -0.25) is 4.79 Å². The number of nitrogens with one attached hydrogen (secondary N) is 1. The number of benzene rings is 1. The highest BCUT2D eigenvalue weighted by molar-refractivity contribution is 5.96. The second kappa shape index (κ2) is 9.22. The van der Waals surface area contributed by atoms with Crippen LogP contribution in [0.15, 0.2) is 18.2 Å². The molecule has 26 heavy (non-hydrogen) atoms. The fourth-order valence-electron chi connectivity index (χ4n) is 2.13. The fraction of sp³-hybridized carbons (Fsp3) is 0.526. The zero-order chi connectivity index (χ0) is 19.9. The average Bonchev–Trinajstić information content (AvgIpc) is 2.53. The summed E-state index contributed by atoms with van der Waals surface area (Å²) < 4.78 is 10.1. The number of alkyl carbamates (subject to hydrolysis) is 1. The smallest absolute Gasteiger partial charge is 0.407 e. The van der Waals surface area contributed by atoms with Gasteiger partial charge >= 0.3 is 12.1 Å². The van der Waals surface area contributed by atoms with Gasteiger partial charge in [-0.25, -0.2) is 9.59 Å². The normalized spacial score (nSPS) is 12.2. The van der Waals surface area contributed by atoms with Crippen LogP contribution in [0.5, 0.6) is 5.75 Å². The van der Waals surface area contributed by atoms with Crippen LogP contribution < -0.4 is 5.32 Å². The number of esters is 1. The first-order valence-electron chi connectivity index (χ1n) is 8.46. The van der Waals surface area contributed by atoms with Crippen molar-refractivity contribution in [3.8, 4) is 5.75 Å². The number of amides is 1. The Morgan fingerprint density at radius 2 is 1.85 bits per heavy atom. The van der Waals surface area contributed by atoms with E-state index in [-0.39, 0.29) is 42.1 Å². The molecule has 2 N–H and O–H groups in total. The van der Waals surface area contributed by atoms with E-state index in [9.17, 15) is 19.5 Å². The van der Waals surface area contributed by atoms with E-state index in [1.165, 1.54) is 19.1 Å². The van der Waals surface area contributed by atoms with Gasteiger partial charge in [0.25, 0.3) is 0 Å². The summed E-state index contributed by atoms with van der Waals surface area (Å²) in [5.74, 6) is -1.03. The predicted octanol–water partition coefficient (Wildman–Crippen LogP) is 2.84. The van der Waals surface area contributed by atoms with Crippen molar-refractivity contribution < 1.29 is 29.0 Å². The molecular weight excluding hydrogens is 338 g/mol. The maximum atomic E-state index is 12.2. The molecule has 0 saturated carbocycles. The summed E-state index contributed by atoms with van der Waals surface area (Å²) >= 11 is 0. The van der Waals surface area contributed by atoms with Gasteiger partial charge in [0.1, 0.15) is 11.8 Å². The quantitative estimate of drug-likeness (QED) is 0.569. The van der Waals surface area contributed by atoms with Gasteiger partial charge in [-0.15, -0.1) is 0 Å². The Morgan fingerprint density at radius 1 is 1.19 bits per heavy atom. The van der Waals surface area contributed by atoms with Crippen LogP contribution in [0.3, 0.4) is 0 Å². The number of carbonyl (C=O) groups is 3. The Bertz CT molecular complexity index is 662. The number of aromatic hydroxyl groups is 1. The van der Waals surface area contributed by atoms with Crippen LogP contribution in [0.2, 0.25) is 0 Å². The molecule has 0 saturated heterocycles. The van der Waals surface area contributed by atoms with Crippen molar-refractivity contribution in [1.29, 1.82) is 0 Å². The lowest BCUT2D eigenvalue weighted by Gasteiger charge is -2.21. The Morgan fingerprint density at radius 3 is 2.38 bits per heavy atom. The molecule has 1 aromatic rings. The van der Waals surface area contributed by atoms with Crippen molar-refractivity contribution in [3.63, 3.8) is 0 Å². The van der Waals surface area contributed by atoms with Crippen molar-refractivity contribution in [2.24, 2.45) is 5.41 Å². The van der Waals surface area contributed by atoms with Crippen molar-refractivity contribution in [2.75, 3.05) is 13.2 Å². The molecule has 7 heteroatoms. The highest BCUT2D eigenvalue weighted by atomic mass is 16.6. The first-order chi connectivity index (χ1) is 12.0. The minimum absolute atomic E-state index is 0.101. The van der Waals surface area contributed by atoms with Crippen molar-refractivity contribution in [3.05, 3.63) is 29.3 Å². The van der Waals surface area contributed by atoms with E-state index >= 15 is 0 Å². The van der Waals surface area contributed by atoms with Crippen LogP contribution >= 0.6 is 0 Å². The van der Waals surface area contributed by atoms with E-state index in [2.05, 4.69) is 5.32 Å². The summed E-state index contributed by atoms with van der Waals surface area (Å²) in [6.07, 6.45) is -0.618. The van der Waals surface area contributed by atoms with Gasteiger partial charge in [0.2, 0.25) is 0 Å². The monoisotopic (exact) mass is 365 g/mol. The maximum Gasteiger partial charge on any atom is 0.407 e. The second-order valence-corrected chi connectivity index (χ2v) is 7.20. The standard InChI is InChI=1S/C19H27NO6/c1-6-25-17(23)15(20-18(24)26-11-19(3,4)5)10-13-7-8-16(22)14(9-13)12(2)21/h7-9,15,22H,6,10-11H2,1-5H3,(H,20,24)/t15-/m0/s1. The number of phenols is 1. The van der Waals surface area contributed by atoms with Crippen LogP contribution in [-0.2, 0) is 20.7 Å². The molecule has 0 heterocycles. The van der Waals surface area contributed by atoms with E-state index in [0.717, 1.165) is 0 Å². The molecular formula is C19H27NO6. The molecule has 0 aliphatic heterocycles. The average molecular weight is 365 g/mol. The zero-order valence-corrected chi connectivity index (χ0v) is 15.9. The molecule has 0 bridgehead atoms. The van der Waals surface area contributed by atoms with Gasteiger partial charge in [-0.05, 0) is 37.0 Å². The molecule has 0 spiro atoms. The first kappa shape index (κ1) is 21.5. The summed E-state index contributed by atoms with van der Waals surface area (Å²) in [6, 6.07) is 3.49. The lowest BCUT2D eigenvalue weighted by atomic mass is 9.99. The molecule has 1 rings (SSSR count). The van der Waals surface area contributed by atoms with E-state index in [1.807, 2.05) is 20.8 Å². The minimum Gasteiger partial charge on any atom is -0.507 e. The zero-order valence-electron chi connectivity index (χ0n) is 15.9. The third-order valence-electron chi connectivity index (χ3n) is 3.38. The molecule has 1 aromatic carbocycles. The summed E-state index contributed by atoms with van der Waals surface area (Å²) in [4.78, 5) is 35.7. The highest BCUT2D eigenvalue weighted by Crippen LogP contribution is 2.20. The van der Waals surface area contributed by atoms with Gasteiger partial charge in [-0.2, -0.15) is 0 Å². The number of hydrogen-bond acceptors (Lipinski definition) is 6. The van der Waals surface area contributed by atoms with Gasteiger partial charge in [0.15, 0.2) is 5.78 Å². The van der Waals surface area contributed by atoms with Crippen molar-refractivity contribution >= 4 is 17.8 Å². The molecule has 1 amide bonds. The Labute approximate surface area is 153 Å². The van der Waals surface area contributed by atoms with Crippen LogP contribution in [0.1, 0.15) is 50.5 Å². The van der Waals surface area contributed by atoms with Gasteiger partial charge in [-0.1, -0.05) is 26.8 Å². The lowest BCUT2D eigenvalue weighted by Crippen LogP contribution is -2.44. The number of Topliss-reactive ketones (excluding diaryl/α,β-unsaturated/α-hetero) is 1. The van der Waals surface area contributed by atoms with Gasteiger partial charge < -0.3 is 19.9 Å². The molecule has 0 aliphatic carbocycles. The summed E-state index contributed by atoms with van der Waals surface area (Å²) in [6.45, 7) is 9.13. The summed E-state index contributed by atoms with van der Waals surface area (Å²) in [5, 5.41) is 12.2. The Hall–Kier alpha value is -2.57.